The van der Waals surface area contributed by atoms with E-state index >= 15 is 0 Å². The van der Waals surface area contributed by atoms with Crippen molar-refractivity contribution >= 4 is 33.2 Å². The van der Waals surface area contributed by atoms with Gasteiger partial charge in [-0.2, -0.15) is 4.98 Å². The van der Waals surface area contributed by atoms with E-state index in [4.69, 9.17) is 16.3 Å². The van der Waals surface area contributed by atoms with Gasteiger partial charge < -0.3 is 4.74 Å². The van der Waals surface area contributed by atoms with Crippen LogP contribution in [0.2, 0.25) is 5.28 Å². The molecule has 0 aliphatic heterocycles. The smallest absolute Gasteiger partial charge is 0.272 e. The number of ether oxygens (including phenoxy) is 1. The quantitative estimate of drug-likeness (QED) is 0.798. The number of hydrogen-bond donors (Lipinski definition) is 0. The van der Waals surface area contributed by atoms with Gasteiger partial charge in [-0.1, -0.05) is 0 Å². The van der Waals surface area contributed by atoms with Gasteiger partial charge in [0.05, 0.1) is 5.39 Å². The van der Waals surface area contributed by atoms with Crippen LogP contribution in [0.5, 0.6) is 5.88 Å². The van der Waals surface area contributed by atoms with Crippen LogP contribution in [0.4, 0.5) is 8.78 Å². The summed E-state index contributed by atoms with van der Waals surface area (Å²) in [6, 6.07) is 1.79. The normalized spacial score (nSPS) is 11.3. The first-order valence-electron chi connectivity index (χ1n) is 4.41. The first-order chi connectivity index (χ1) is 7.56. The Morgan fingerprint density at radius 1 is 1.50 bits per heavy atom. The molecular formula is C9H7ClF2N2OS. The van der Waals surface area contributed by atoms with Gasteiger partial charge in [-0.25, -0.2) is 13.8 Å². The molecule has 0 atom stereocenters. The maximum absolute atomic E-state index is 12.0. The fourth-order valence-electron chi connectivity index (χ4n) is 1.24. The van der Waals surface area contributed by atoms with Crippen molar-refractivity contribution in [2.24, 2.45) is 0 Å². The molecule has 0 bridgehead atoms. The predicted molar refractivity (Wildman–Crippen MR) is 58.7 cm³/mol. The summed E-state index contributed by atoms with van der Waals surface area (Å²) in [5, 5.41) is 0.617. The van der Waals surface area contributed by atoms with E-state index in [-0.39, 0.29) is 11.2 Å². The Balaban J connectivity index is 2.41. The molecule has 2 aromatic heterocycles. The molecule has 0 aromatic carbocycles. The van der Waals surface area contributed by atoms with Crippen LogP contribution in [0.1, 0.15) is 4.88 Å². The molecule has 86 valence electrons. The monoisotopic (exact) mass is 264 g/mol. The molecule has 16 heavy (non-hydrogen) atoms. The Kier molecular flexibility index (Phi) is 3.20. The highest BCUT2D eigenvalue weighted by molar-refractivity contribution is 7.18. The molecule has 2 heterocycles. The SMILES string of the molecule is Cc1cc2c(OCC(F)F)nc(Cl)nc2s1. The Labute approximate surface area is 99.0 Å². The summed E-state index contributed by atoms with van der Waals surface area (Å²) < 4.78 is 29.0. The van der Waals surface area contributed by atoms with Crippen LogP contribution in [0, 0.1) is 6.92 Å². The summed E-state index contributed by atoms with van der Waals surface area (Å²) in [6.07, 6.45) is -2.54. The first-order valence-corrected chi connectivity index (χ1v) is 5.60. The lowest BCUT2D eigenvalue weighted by Crippen LogP contribution is -2.08. The summed E-state index contributed by atoms with van der Waals surface area (Å²) in [4.78, 5) is 9.42. The van der Waals surface area contributed by atoms with E-state index in [1.165, 1.54) is 11.3 Å². The lowest BCUT2D eigenvalue weighted by atomic mass is 10.3. The second-order valence-corrected chi connectivity index (χ2v) is 4.65. The average molecular weight is 265 g/mol. The molecule has 7 heteroatoms. The molecule has 0 saturated heterocycles. The van der Waals surface area contributed by atoms with Gasteiger partial charge in [0, 0.05) is 4.88 Å². The lowest BCUT2D eigenvalue weighted by Gasteiger charge is -2.05. The maximum Gasteiger partial charge on any atom is 0.272 e. The largest absolute Gasteiger partial charge is 0.471 e. The fourth-order valence-corrected chi connectivity index (χ4v) is 2.32. The Morgan fingerprint density at radius 2 is 2.25 bits per heavy atom. The molecule has 2 rings (SSSR count). The van der Waals surface area contributed by atoms with Gasteiger partial charge in [0.25, 0.3) is 6.43 Å². The zero-order valence-corrected chi connectivity index (χ0v) is 9.78. The molecule has 0 radical (unpaired) electrons. The molecule has 0 amide bonds. The number of thiophene rings is 1. The van der Waals surface area contributed by atoms with Crippen LogP contribution in [0.25, 0.3) is 10.2 Å². The van der Waals surface area contributed by atoms with E-state index < -0.39 is 13.0 Å². The molecule has 3 nitrogen and oxygen atoms in total. The third kappa shape index (κ3) is 2.38. The van der Waals surface area contributed by atoms with Crippen LogP contribution in [0.15, 0.2) is 6.07 Å². The van der Waals surface area contributed by atoms with Crippen LogP contribution >= 0.6 is 22.9 Å². The van der Waals surface area contributed by atoms with Gasteiger partial charge in [0.2, 0.25) is 11.2 Å². The van der Waals surface area contributed by atoms with Crippen molar-refractivity contribution in [1.29, 1.82) is 0 Å². The van der Waals surface area contributed by atoms with E-state index in [1.807, 2.05) is 6.92 Å². The molecule has 0 fully saturated rings. The van der Waals surface area contributed by atoms with Gasteiger partial charge in [-0.15, -0.1) is 11.3 Å². The summed E-state index contributed by atoms with van der Waals surface area (Å²) >= 11 is 7.08. The Morgan fingerprint density at radius 3 is 2.94 bits per heavy atom. The minimum Gasteiger partial charge on any atom is -0.471 e. The summed E-state index contributed by atoms with van der Waals surface area (Å²) in [5.74, 6) is 0.111. The minimum atomic E-state index is -2.54. The van der Waals surface area contributed by atoms with Gasteiger partial charge in [0.1, 0.15) is 4.83 Å². The number of aryl methyl sites for hydroxylation is 1. The van der Waals surface area contributed by atoms with Gasteiger partial charge in [-0.05, 0) is 24.6 Å². The highest BCUT2D eigenvalue weighted by atomic mass is 35.5. The van der Waals surface area contributed by atoms with Crippen molar-refractivity contribution in [2.45, 2.75) is 13.3 Å². The third-order valence-corrected chi connectivity index (χ3v) is 2.91. The van der Waals surface area contributed by atoms with Crippen LogP contribution < -0.4 is 4.74 Å². The molecular weight excluding hydrogens is 258 g/mol. The Hall–Kier alpha value is -1.01. The zero-order chi connectivity index (χ0) is 11.7. The maximum atomic E-state index is 12.0. The van der Waals surface area contributed by atoms with Crippen molar-refractivity contribution < 1.29 is 13.5 Å². The number of rotatable bonds is 3. The average Bonchev–Trinajstić information content (AvgIpc) is 2.54. The van der Waals surface area contributed by atoms with Crippen molar-refractivity contribution in [3.05, 3.63) is 16.2 Å². The molecule has 0 aliphatic rings. The second kappa shape index (κ2) is 4.47. The highest BCUT2D eigenvalue weighted by Crippen LogP contribution is 2.30. The number of fused-ring (bicyclic) bond motifs is 1. The van der Waals surface area contributed by atoms with Gasteiger partial charge in [0.15, 0.2) is 6.61 Å². The fraction of sp³-hybridized carbons (Fsp3) is 0.333. The first kappa shape index (κ1) is 11.5. The molecule has 0 unspecified atom stereocenters. The molecule has 0 aliphatic carbocycles. The zero-order valence-electron chi connectivity index (χ0n) is 8.21. The summed E-state index contributed by atoms with van der Waals surface area (Å²) in [5.41, 5.74) is 0. The lowest BCUT2D eigenvalue weighted by molar-refractivity contribution is 0.0804. The molecule has 2 aromatic rings. The minimum absolute atomic E-state index is 0.00128. The van der Waals surface area contributed by atoms with Crippen molar-refractivity contribution in [2.75, 3.05) is 6.61 Å². The predicted octanol–water partition coefficient (Wildman–Crippen LogP) is 3.30. The topological polar surface area (TPSA) is 35.0 Å². The van der Waals surface area contributed by atoms with E-state index in [9.17, 15) is 8.78 Å². The summed E-state index contributed by atoms with van der Waals surface area (Å²) in [6.45, 7) is 1.19. The Bertz CT molecular complexity index is 517. The molecule has 0 spiro atoms. The van der Waals surface area contributed by atoms with Gasteiger partial charge >= 0.3 is 0 Å². The van der Waals surface area contributed by atoms with Crippen LogP contribution in [0.3, 0.4) is 0 Å². The number of alkyl halides is 2. The van der Waals surface area contributed by atoms with E-state index in [0.717, 1.165) is 4.88 Å². The highest BCUT2D eigenvalue weighted by Gasteiger charge is 2.12. The number of hydrogen-bond acceptors (Lipinski definition) is 4. The molecule has 0 saturated carbocycles. The van der Waals surface area contributed by atoms with E-state index in [2.05, 4.69) is 9.97 Å². The van der Waals surface area contributed by atoms with Crippen LogP contribution in [-0.4, -0.2) is 23.0 Å². The van der Waals surface area contributed by atoms with Crippen molar-refractivity contribution in [1.82, 2.24) is 9.97 Å². The van der Waals surface area contributed by atoms with Gasteiger partial charge in [-0.3, -0.25) is 0 Å². The number of halogens is 3. The molecule has 0 N–H and O–H groups in total. The van der Waals surface area contributed by atoms with Crippen molar-refractivity contribution in [3.63, 3.8) is 0 Å². The number of nitrogens with zero attached hydrogens (tertiary/aromatic N) is 2. The standard InChI is InChI=1S/C9H7ClF2N2OS/c1-4-2-5-7(15-3-6(11)12)13-9(10)14-8(5)16-4/h2,6H,3H2,1H3. The van der Waals surface area contributed by atoms with E-state index in [0.29, 0.717) is 10.2 Å². The second-order valence-electron chi connectivity index (χ2n) is 3.08. The van der Waals surface area contributed by atoms with Crippen LogP contribution in [-0.2, 0) is 0 Å². The summed E-state index contributed by atoms with van der Waals surface area (Å²) in [7, 11) is 0. The van der Waals surface area contributed by atoms with Crippen molar-refractivity contribution in [3.8, 4) is 5.88 Å². The van der Waals surface area contributed by atoms with E-state index in [1.54, 1.807) is 6.07 Å². The third-order valence-electron chi connectivity index (χ3n) is 1.80. The number of aromatic nitrogens is 2.